The van der Waals surface area contributed by atoms with Crippen molar-refractivity contribution in [1.29, 1.82) is 0 Å². The predicted molar refractivity (Wildman–Crippen MR) is 242 cm³/mol. The summed E-state index contributed by atoms with van der Waals surface area (Å²) in [6.45, 7) is 21.1. The van der Waals surface area contributed by atoms with E-state index in [0.29, 0.717) is 5.92 Å². The molecule has 0 amide bonds. The summed E-state index contributed by atoms with van der Waals surface area (Å²) in [4.78, 5) is 29.4. The number of benzene rings is 4. The summed E-state index contributed by atoms with van der Waals surface area (Å²) in [6.07, 6.45) is 5.35. The van der Waals surface area contributed by atoms with Gasteiger partial charge < -0.3 is 15.2 Å². The van der Waals surface area contributed by atoms with Gasteiger partial charge in [0.15, 0.2) is 11.6 Å². The average Bonchev–Trinajstić information content (AvgIpc) is 3.13. The van der Waals surface area contributed by atoms with E-state index in [4.69, 9.17) is 15.2 Å². The number of ketones is 2. The Labute approximate surface area is 381 Å². The number of nitrogens with zero attached hydrogens (tertiary/aromatic N) is 2. The van der Waals surface area contributed by atoms with Crippen LogP contribution >= 0.6 is 0 Å². The molecule has 6 rings (SSSR count). The van der Waals surface area contributed by atoms with E-state index in [2.05, 4.69) is 151 Å². The van der Waals surface area contributed by atoms with E-state index in [-0.39, 0.29) is 77.6 Å². The zero-order chi connectivity index (χ0) is 41.6. The second-order valence-corrected chi connectivity index (χ2v) is 15.1. The number of aliphatic hydroxyl groups excluding tert-OH is 2. The molecule has 8 heteroatoms. The molecule has 6 nitrogen and oxygen atoms in total. The first-order chi connectivity index (χ1) is 26.4. The van der Waals surface area contributed by atoms with Crippen molar-refractivity contribution in [1.82, 2.24) is 9.97 Å². The Morgan fingerprint density at radius 3 is 1.93 bits per heavy atom. The van der Waals surface area contributed by atoms with Crippen LogP contribution < -0.4 is 0 Å². The molecular weight excluding hydrogens is 1090 g/mol. The molecule has 1 unspecified atom stereocenters. The Hall–Kier alpha value is -4.58. The smallest absolute Gasteiger partial charge is 0.155 e. The van der Waals surface area contributed by atoms with Gasteiger partial charge in [0.05, 0.1) is 17.0 Å². The van der Waals surface area contributed by atoms with E-state index in [1.807, 2.05) is 12.3 Å². The number of hydrogen-bond donors (Lipinski definition) is 2. The first kappa shape index (κ1) is 54.4. The topological polar surface area (TPSA) is 100 Å². The minimum atomic E-state index is -0.125. The second-order valence-electron chi connectivity index (χ2n) is 15.1. The molecular formula is C51H62Ir2N2O4-2. The molecule has 6 aromatic rings. The molecule has 4 aromatic carbocycles. The molecule has 2 heterocycles. The Morgan fingerprint density at radius 1 is 0.797 bits per heavy atom. The molecule has 0 aliphatic carbocycles. The zero-order valence-corrected chi connectivity index (χ0v) is 40.2. The minimum absolute atomic E-state index is 0. The molecule has 0 fully saturated rings. The van der Waals surface area contributed by atoms with Crippen LogP contribution in [-0.2, 0) is 55.2 Å². The number of hydrogen-bond acceptors (Lipinski definition) is 6. The normalized spacial score (nSPS) is 11.4. The standard InChI is InChI=1S/C21H22N.C19H18N.2C5H8O2.CH4.2Ir.H2/c1-14-11-15(2)13-16(12-14)19-10-9-17-18(21(3,4)5)7-6-8-20(17)22-19;1-3-14(2)15-8-10-17(11-9-15)19-18-7-5-4-6-16(18)12-13-20-19;2*1-4(6)3-5(2)7;;;;/h6-12H,1-5H3;4-10,12-14H,3H2,1-2H3;2*3,6H,1-2H3;1H4;;;1H/q2*-1;;;;;;/i;;;;;;;1+1. The van der Waals surface area contributed by atoms with E-state index in [0.717, 1.165) is 40.0 Å². The summed E-state index contributed by atoms with van der Waals surface area (Å²) in [6, 6.07) is 38.6. The third-order valence-electron chi connectivity index (χ3n) is 8.74. The van der Waals surface area contributed by atoms with Crippen LogP contribution in [0, 0.1) is 26.0 Å². The van der Waals surface area contributed by atoms with Crippen molar-refractivity contribution in [3.8, 4) is 22.5 Å². The van der Waals surface area contributed by atoms with E-state index >= 15 is 0 Å². The Morgan fingerprint density at radius 2 is 1.42 bits per heavy atom. The van der Waals surface area contributed by atoms with E-state index < -0.39 is 0 Å². The number of aliphatic hydroxyl groups is 2. The molecule has 59 heavy (non-hydrogen) atoms. The van der Waals surface area contributed by atoms with Gasteiger partial charge in [0.1, 0.15) is 0 Å². The van der Waals surface area contributed by atoms with Gasteiger partial charge in [-0.1, -0.05) is 117 Å². The number of aromatic nitrogens is 2. The molecule has 1 atom stereocenters. The zero-order valence-electron chi connectivity index (χ0n) is 35.4. The van der Waals surface area contributed by atoms with Gasteiger partial charge in [0.2, 0.25) is 0 Å². The van der Waals surface area contributed by atoms with Gasteiger partial charge >= 0.3 is 0 Å². The van der Waals surface area contributed by atoms with Crippen molar-refractivity contribution >= 4 is 33.2 Å². The van der Waals surface area contributed by atoms with Gasteiger partial charge in [0.25, 0.3) is 0 Å². The van der Waals surface area contributed by atoms with Crippen molar-refractivity contribution < 1.29 is 61.4 Å². The average molecular weight is 1150 g/mol. The molecule has 2 N–H and O–H groups in total. The van der Waals surface area contributed by atoms with Crippen LogP contribution in [0.1, 0.15) is 106 Å². The fourth-order valence-electron chi connectivity index (χ4n) is 6.04. The molecule has 0 saturated carbocycles. The molecule has 0 aliphatic rings. The fraction of sp³-hybridized carbons (Fsp3) is 0.294. The van der Waals surface area contributed by atoms with E-state index in [1.165, 1.54) is 72.7 Å². The number of rotatable bonds is 6. The van der Waals surface area contributed by atoms with Crippen LogP contribution in [0.5, 0.6) is 0 Å². The van der Waals surface area contributed by atoms with Gasteiger partial charge in [-0.15, -0.1) is 70.3 Å². The second kappa shape index (κ2) is 25.8. The van der Waals surface area contributed by atoms with Crippen LogP contribution in [0.4, 0.5) is 0 Å². The number of pyridine rings is 2. The molecule has 0 saturated heterocycles. The molecule has 320 valence electrons. The minimum Gasteiger partial charge on any atom is -0.512 e. The fourth-order valence-corrected chi connectivity index (χ4v) is 6.04. The van der Waals surface area contributed by atoms with Crippen LogP contribution in [0.15, 0.2) is 121 Å². The van der Waals surface area contributed by atoms with Crippen LogP contribution in [0.25, 0.3) is 44.2 Å². The van der Waals surface area contributed by atoms with Gasteiger partial charge in [-0.2, -0.15) is 0 Å². The van der Waals surface area contributed by atoms with Crippen molar-refractivity contribution in [2.45, 2.75) is 101 Å². The summed E-state index contributed by atoms with van der Waals surface area (Å²) in [5.41, 5.74) is 10.4. The monoisotopic (exact) mass is 1150 g/mol. The predicted octanol–water partition coefficient (Wildman–Crippen LogP) is 13.8. The summed E-state index contributed by atoms with van der Waals surface area (Å²) in [7, 11) is 0. The van der Waals surface area contributed by atoms with E-state index in [1.54, 1.807) is 0 Å². The summed E-state index contributed by atoms with van der Waals surface area (Å²) < 4.78 is 0. The van der Waals surface area contributed by atoms with Crippen molar-refractivity contribution in [2.75, 3.05) is 0 Å². The van der Waals surface area contributed by atoms with Crippen molar-refractivity contribution in [3.63, 3.8) is 0 Å². The number of allylic oxidation sites excluding steroid dienone is 4. The van der Waals surface area contributed by atoms with Gasteiger partial charge in [-0.25, -0.2) is 0 Å². The molecule has 2 radical (unpaired) electrons. The summed E-state index contributed by atoms with van der Waals surface area (Å²) in [5, 5.41) is 20.4. The number of carbonyl (C=O) groups excluding carboxylic acids is 2. The number of fused-ring (bicyclic) bond motifs is 2. The van der Waals surface area contributed by atoms with Crippen LogP contribution in [0.2, 0.25) is 0 Å². The number of carbonyl (C=O) groups is 2. The third-order valence-corrected chi connectivity index (χ3v) is 8.74. The molecule has 0 bridgehead atoms. The Balaban J connectivity index is 0. The van der Waals surface area contributed by atoms with E-state index in [9.17, 15) is 9.59 Å². The van der Waals surface area contributed by atoms with Crippen molar-refractivity contribution in [2.24, 2.45) is 0 Å². The first-order valence-corrected chi connectivity index (χ1v) is 18.9. The Kier molecular flexibility index (Phi) is 23.8. The summed E-state index contributed by atoms with van der Waals surface area (Å²) in [5.74, 6) is 0.459. The molecule has 2 aromatic heterocycles. The largest absolute Gasteiger partial charge is 0.512 e. The maximum Gasteiger partial charge on any atom is 0.155 e. The number of aryl methyl sites for hydroxylation is 2. The molecule has 0 spiro atoms. The van der Waals surface area contributed by atoms with Gasteiger partial charge in [0, 0.05) is 65.4 Å². The Bertz CT molecular complexity index is 2270. The van der Waals surface area contributed by atoms with Gasteiger partial charge in [-0.3, -0.25) is 14.6 Å². The first-order valence-electron chi connectivity index (χ1n) is 18.9. The van der Waals surface area contributed by atoms with Crippen molar-refractivity contribution in [3.05, 3.63) is 155 Å². The summed E-state index contributed by atoms with van der Waals surface area (Å²) >= 11 is 0. The third kappa shape index (κ3) is 17.7. The maximum atomic E-state index is 10.0. The maximum absolute atomic E-state index is 10.0. The van der Waals surface area contributed by atoms with Crippen LogP contribution in [0.3, 0.4) is 0 Å². The molecule has 0 aliphatic heterocycles. The quantitative estimate of drug-likeness (QED) is 0.0979. The van der Waals surface area contributed by atoms with Gasteiger partial charge in [-0.05, 0) is 73.0 Å². The van der Waals surface area contributed by atoms with Crippen LogP contribution in [-0.4, -0.2) is 31.7 Å². The SMILES string of the molecule is C.CC(=O)C=C(C)O.CC(=O)C=C(C)O.CCC(C)c1c[c-]c(-c2nccc3ccccc23)cc1.Cc1[c-]c(-c2ccc3c(C(C)(C)C)cccc3n2)cc(C)c1.[2HH].[Ir].[Ir].